The second kappa shape index (κ2) is 8.46. The van der Waals surface area contributed by atoms with E-state index in [0.29, 0.717) is 27.3 Å². The SMILES string of the molecule is CCC(Sc1nnc2cc(C)c3cccc(C)c3n12)C(=O)Nc1cc(Cl)cc(Cl)c1. The van der Waals surface area contributed by atoms with Gasteiger partial charge in [-0.2, -0.15) is 0 Å². The van der Waals surface area contributed by atoms with E-state index < -0.39 is 0 Å². The first-order chi connectivity index (χ1) is 14.4. The van der Waals surface area contributed by atoms with E-state index in [2.05, 4.69) is 41.5 Å². The van der Waals surface area contributed by atoms with Crippen molar-refractivity contribution in [2.75, 3.05) is 5.32 Å². The van der Waals surface area contributed by atoms with Crippen LogP contribution in [0, 0.1) is 13.8 Å². The summed E-state index contributed by atoms with van der Waals surface area (Å²) in [6, 6.07) is 13.2. The van der Waals surface area contributed by atoms with Crippen LogP contribution in [-0.4, -0.2) is 25.8 Å². The summed E-state index contributed by atoms with van der Waals surface area (Å²) in [7, 11) is 0. The Morgan fingerprint density at radius 3 is 2.53 bits per heavy atom. The van der Waals surface area contributed by atoms with Gasteiger partial charge in [0.15, 0.2) is 10.8 Å². The molecule has 0 spiro atoms. The van der Waals surface area contributed by atoms with E-state index in [9.17, 15) is 4.79 Å². The van der Waals surface area contributed by atoms with Gasteiger partial charge in [0.05, 0.1) is 10.8 Å². The number of fused-ring (bicyclic) bond motifs is 3. The third-order valence-corrected chi connectivity index (χ3v) is 6.67. The molecule has 8 heteroatoms. The molecule has 2 aromatic carbocycles. The molecule has 2 aromatic heterocycles. The number of aromatic nitrogens is 3. The molecule has 0 bridgehead atoms. The van der Waals surface area contributed by atoms with Crippen LogP contribution in [0.4, 0.5) is 5.69 Å². The summed E-state index contributed by atoms with van der Waals surface area (Å²) >= 11 is 13.5. The maximum Gasteiger partial charge on any atom is 0.237 e. The van der Waals surface area contributed by atoms with Gasteiger partial charge in [0.2, 0.25) is 5.91 Å². The number of benzene rings is 2. The van der Waals surface area contributed by atoms with E-state index in [0.717, 1.165) is 27.7 Å². The minimum Gasteiger partial charge on any atom is -0.325 e. The lowest BCUT2D eigenvalue weighted by molar-refractivity contribution is -0.115. The van der Waals surface area contributed by atoms with Crippen LogP contribution in [0.3, 0.4) is 0 Å². The maximum atomic E-state index is 12.9. The first kappa shape index (κ1) is 21.0. The predicted molar refractivity (Wildman–Crippen MR) is 125 cm³/mol. The Hall–Kier alpha value is -2.28. The molecule has 2 heterocycles. The number of aryl methyl sites for hydroxylation is 2. The minimum atomic E-state index is -0.351. The quantitative estimate of drug-likeness (QED) is 0.355. The van der Waals surface area contributed by atoms with Crippen LogP contribution in [0.25, 0.3) is 16.6 Å². The highest BCUT2D eigenvalue weighted by molar-refractivity contribution is 8.00. The summed E-state index contributed by atoms with van der Waals surface area (Å²) < 4.78 is 2.04. The van der Waals surface area contributed by atoms with Crippen molar-refractivity contribution in [2.24, 2.45) is 0 Å². The van der Waals surface area contributed by atoms with Crippen molar-refractivity contribution in [2.45, 2.75) is 37.6 Å². The van der Waals surface area contributed by atoms with Crippen LogP contribution < -0.4 is 5.32 Å². The van der Waals surface area contributed by atoms with Crippen molar-refractivity contribution in [3.63, 3.8) is 0 Å². The van der Waals surface area contributed by atoms with Crippen molar-refractivity contribution < 1.29 is 4.79 Å². The number of pyridine rings is 1. The van der Waals surface area contributed by atoms with Crippen LogP contribution in [0.5, 0.6) is 0 Å². The molecule has 0 aliphatic heterocycles. The third-order valence-electron chi connectivity index (χ3n) is 4.93. The van der Waals surface area contributed by atoms with Gasteiger partial charge in [-0.25, -0.2) is 0 Å². The maximum absolute atomic E-state index is 12.9. The van der Waals surface area contributed by atoms with E-state index in [4.69, 9.17) is 23.2 Å². The second-order valence-electron chi connectivity index (χ2n) is 7.14. The van der Waals surface area contributed by atoms with Gasteiger partial charge in [0.1, 0.15) is 0 Å². The third kappa shape index (κ3) is 4.00. The number of hydrogen-bond acceptors (Lipinski definition) is 4. The summed E-state index contributed by atoms with van der Waals surface area (Å²) in [5.41, 5.74) is 4.69. The number of nitrogens with one attached hydrogen (secondary N) is 1. The zero-order valence-electron chi connectivity index (χ0n) is 16.7. The number of para-hydroxylation sites is 1. The summed E-state index contributed by atoms with van der Waals surface area (Å²) in [6.45, 7) is 6.11. The Labute approximate surface area is 188 Å². The lowest BCUT2D eigenvalue weighted by Crippen LogP contribution is -2.24. The topological polar surface area (TPSA) is 59.3 Å². The van der Waals surface area contributed by atoms with Crippen LogP contribution >= 0.6 is 35.0 Å². The molecular formula is C22H20Cl2N4OS. The Balaban J connectivity index is 1.69. The monoisotopic (exact) mass is 458 g/mol. The van der Waals surface area contributed by atoms with Crippen LogP contribution in [0.15, 0.2) is 47.6 Å². The zero-order valence-corrected chi connectivity index (χ0v) is 19.1. The van der Waals surface area contributed by atoms with Crippen LogP contribution in [-0.2, 0) is 4.79 Å². The minimum absolute atomic E-state index is 0.134. The lowest BCUT2D eigenvalue weighted by Gasteiger charge is -2.15. The van der Waals surface area contributed by atoms with Crippen LogP contribution in [0.2, 0.25) is 10.0 Å². The molecule has 1 N–H and O–H groups in total. The van der Waals surface area contributed by atoms with Gasteiger partial charge >= 0.3 is 0 Å². The largest absolute Gasteiger partial charge is 0.325 e. The number of anilines is 1. The molecule has 0 aliphatic rings. The summed E-state index contributed by atoms with van der Waals surface area (Å²) in [5, 5.41) is 14.1. The van der Waals surface area contributed by atoms with Crippen molar-refractivity contribution >= 4 is 63.1 Å². The fraction of sp³-hybridized carbons (Fsp3) is 0.227. The Bertz CT molecular complexity index is 1250. The number of hydrogen-bond donors (Lipinski definition) is 1. The summed E-state index contributed by atoms with van der Waals surface area (Å²) in [4.78, 5) is 12.9. The lowest BCUT2D eigenvalue weighted by atomic mass is 10.1. The Morgan fingerprint density at radius 1 is 1.10 bits per heavy atom. The van der Waals surface area contributed by atoms with Crippen molar-refractivity contribution in [1.82, 2.24) is 14.6 Å². The predicted octanol–water partition coefficient (Wildman–Crippen LogP) is 6.32. The number of halogens is 2. The van der Waals surface area contributed by atoms with Crippen molar-refractivity contribution in [1.29, 1.82) is 0 Å². The van der Waals surface area contributed by atoms with Gasteiger partial charge in [0, 0.05) is 21.1 Å². The van der Waals surface area contributed by atoms with Gasteiger partial charge in [-0.15, -0.1) is 10.2 Å². The number of rotatable bonds is 5. The van der Waals surface area contributed by atoms with Gasteiger partial charge in [-0.3, -0.25) is 9.20 Å². The number of nitrogens with zero attached hydrogens (tertiary/aromatic N) is 3. The molecule has 0 saturated carbocycles. The average molecular weight is 459 g/mol. The van der Waals surface area contributed by atoms with Crippen molar-refractivity contribution in [3.05, 3.63) is 63.6 Å². The molecule has 0 saturated heterocycles. The summed E-state index contributed by atoms with van der Waals surface area (Å²) in [5.74, 6) is -0.134. The normalized spacial score (nSPS) is 12.4. The Morgan fingerprint density at radius 2 is 1.83 bits per heavy atom. The fourth-order valence-electron chi connectivity index (χ4n) is 3.50. The highest BCUT2D eigenvalue weighted by atomic mass is 35.5. The smallest absolute Gasteiger partial charge is 0.237 e. The molecule has 1 amide bonds. The number of thioether (sulfide) groups is 1. The molecule has 0 radical (unpaired) electrons. The van der Waals surface area contributed by atoms with E-state index in [1.54, 1.807) is 18.2 Å². The molecule has 1 atom stereocenters. The van der Waals surface area contributed by atoms with E-state index >= 15 is 0 Å². The first-order valence-corrected chi connectivity index (χ1v) is 11.2. The molecule has 154 valence electrons. The molecule has 1 unspecified atom stereocenters. The van der Waals surface area contributed by atoms with E-state index in [1.807, 2.05) is 23.5 Å². The fourth-order valence-corrected chi connectivity index (χ4v) is 5.00. The van der Waals surface area contributed by atoms with E-state index in [-0.39, 0.29) is 11.2 Å². The molecule has 5 nitrogen and oxygen atoms in total. The molecule has 30 heavy (non-hydrogen) atoms. The zero-order chi connectivity index (χ0) is 21.4. The first-order valence-electron chi connectivity index (χ1n) is 9.55. The molecular weight excluding hydrogens is 439 g/mol. The molecule has 4 rings (SSSR count). The van der Waals surface area contributed by atoms with Gasteiger partial charge in [-0.1, -0.05) is 60.1 Å². The van der Waals surface area contributed by atoms with Crippen LogP contribution in [0.1, 0.15) is 24.5 Å². The average Bonchev–Trinajstić information content (AvgIpc) is 3.07. The summed E-state index contributed by atoms with van der Waals surface area (Å²) in [6.07, 6.45) is 0.627. The van der Waals surface area contributed by atoms with Crippen molar-refractivity contribution in [3.8, 4) is 0 Å². The number of carbonyl (C=O) groups is 1. The van der Waals surface area contributed by atoms with E-state index in [1.165, 1.54) is 11.8 Å². The molecule has 0 fully saturated rings. The molecule has 0 aliphatic carbocycles. The second-order valence-corrected chi connectivity index (χ2v) is 9.18. The Kier molecular flexibility index (Phi) is 5.91. The number of amides is 1. The highest BCUT2D eigenvalue weighted by Crippen LogP contribution is 2.31. The van der Waals surface area contributed by atoms with Gasteiger partial charge < -0.3 is 5.32 Å². The standard InChI is InChI=1S/C22H20Cl2N4OS/c1-4-18(21(29)25-16-10-14(23)9-15(24)11-16)30-22-27-26-19-8-13(3)17-7-5-6-12(2)20(17)28(19)22/h5-11,18H,4H2,1-3H3,(H,25,29). The highest BCUT2D eigenvalue weighted by Gasteiger charge is 2.22. The molecule has 4 aromatic rings. The number of carbonyl (C=O) groups excluding carboxylic acids is 1. The van der Waals surface area contributed by atoms with Gasteiger partial charge in [-0.05, 0) is 55.7 Å². The van der Waals surface area contributed by atoms with Gasteiger partial charge in [0.25, 0.3) is 0 Å².